The van der Waals surface area contributed by atoms with Crippen LogP contribution in [0.1, 0.15) is 32.1 Å². The molecule has 2 N–H and O–H groups in total. The molecular formula is C11H15FN2O. The van der Waals surface area contributed by atoms with Gasteiger partial charge in [0.2, 0.25) is 0 Å². The van der Waals surface area contributed by atoms with Gasteiger partial charge in [0, 0.05) is 18.9 Å². The molecule has 0 aromatic carbocycles. The van der Waals surface area contributed by atoms with Crippen LogP contribution < -0.4 is 10.5 Å². The van der Waals surface area contributed by atoms with Gasteiger partial charge in [-0.2, -0.15) is 0 Å². The fourth-order valence-corrected chi connectivity index (χ4v) is 1.94. The highest BCUT2D eigenvalue weighted by Crippen LogP contribution is 2.28. The van der Waals surface area contributed by atoms with Gasteiger partial charge < -0.3 is 4.74 Å². The zero-order chi connectivity index (χ0) is 10.7. The van der Waals surface area contributed by atoms with Crippen molar-refractivity contribution in [2.24, 2.45) is 5.73 Å². The lowest BCUT2D eigenvalue weighted by molar-refractivity contribution is 0.0358. The number of rotatable bonds is 2. The van der Waals surface area contributed by atoms with Crippen LogP contribution in [-0.2, 0) is 0 Å². The first-order chi connectivity index (χ1) is 7.18. The molecule has 1 aromatic heterocycles. The van der Waals surface area contributed by atoms with E-state index in [9.17, 15) is 4.39 Å². The summed E-state index contributed by atoms with van der Waals surface area (Å²) in [6.45, 7) is 0. The Bertz CT molecular complexity index is 337. The van der Waals surface area contributed by atoms with Gasteiger partial charge in [-0.1, -0.05) is 6.42 Å². The van der Waals surface area contributed by atoms with Crippen molar-refractivity contribution in [2.75, 3.05) is 0 Å². The van der Waals surface area contributed by atoms with Gasteiger partial charge in [-0.05, 0) is 12.8 Å². The molecule has 82 valence electrons. The minimum absolute atomic E-state index is 0.396. The molecule has 2 rings (SSSR count). The van der Waals surface area contributed by atoms with Crippen LogP contribution in [0.4, 0.5) is 4.39 Å². The molecule has 0 aliphatic heterocycles. The average molecular weight is 210 g/mol. The quantitative estimate of drug-likeness (QED) is 0.761. The van der Waals surface area contributed by atoms with Gasteiger partial charge in [-0.15, -0.1) is 0 Å². The highest BCUT2D eigenvalue weighted by atomic mass is 19.1. The lowest BCUT2D eigenvalue weighted by Crippen LogP contribution is -2.47. The summed E-state index contributed by atoms with van der Waals surface area (Å²) < 4.78 is 18.5. The fraction of sp³-hybridized carbons (Fsp3) is 0.545. The van der Waals surface area contributed by atoms with Crippen LogP contribution in [-0.4, -0.2) is 10.7 Å². The van der Waals surface area contributed by atoms with E-state index < -0.39 is 11.5 Å². The highest BCUT2D eigenvalue weighted by molar-refractivity contribution is 5.18. The van der Waals surface area contributed by atoms with E-state index in [1.54, 1.807) is 0 Å². The molecule has 1 saturated carbocycles. The van der Waals surface area contributed by atoms with Crippen LogP contribution >= 0.6 is 0 Å². The van der Waals surface area contributed by atoms with Crippen molar-refractivity contribution in [3.05, 3.63) is 24.3 Å². The number of halogens is 1. The molecule has 1 heterocycles. The predicted octanol–water partition coefficient (Wildman–Crippen LogP) is 2.22. The summed E-state index contributed by atoms with van der Waals surface area (Å²) in [6.07, 6.45) is 7.62. The standard InChI is InChI=1S/C11H15FN2O/c12-9-6-10(8-14-7-9)15-11(13)4-2-1-3-5-11/h6-8H,1-5,13H2. The van der Waals surface area contributed by atoms with Gasteiger partial charge >= 0.3 is 0 Å². The Labute approximate surface area is 88.5 Å². The van der Waals surface area contributed by atoms with Gasteiger partial charge in [0.05, 0.1) is 12.4 Å². The largest absolute Gasteiger partial charge is 0.471 e. The van der Waals surface area contributed by atoms with Crippen LogP contribution in [0, 0.1) is 5.82 Å². The lowest BCUT2D eigenvalue weighted by Gasteiger charge is -2.33. The Morgan fingerprint density at radius 1 is 1.27 bits per heavy atom. The first-order valence-corrected chi connectivity index (χ1v) is 5.26. The number of ether oxygens (including phenoxy) is 1. The Balaban J connectivity index is 2.06. The number of aromatic nitrogens is 1. The SMILES string of the molecule is NC1(Oc2cncc(F)c2)CCCCC1. The maximum Gasteiger partial charge on any atom is 0.158 e. The zero-order valence-electron chi connectivity index (χ0n) is 8.58. The van der Waals surface area contributed by atoms with E-state index in [0.717, 1.165) is 31.9 Å². The van der Waals surface area contributed by atoms with Crippen molar-refractivity contribution in [1.82, 2.24) is 4.98 Å². The van der Waals surface area contributed by atoms with Crippen LogP contribution in [0.5, 0.6) is 5.75 Å². The number of hydrogen-bond donors (Lipinski definition) is 1. The number of nitrogens with zero attached hydrogens (tertiary/aromatic N) is 1. The monoisotopic (exact) mass is 210 g/mol. The van der Waals surface area contributed by atoms with Crippen LogP contribution in [0.15, 0.2) is 18.5 Å². The van der Waals surface area contributed by atoms with Crippen molar-refractivity contribution in [1.29, 1.82) is 0 Å². The molecule has 0 spiro atoms. The smallest absolute Gasteiger partial charge is 0.158 e. The van der Waals surface area contributed by atoms with E-state index in [1.807, 2.05) is 0 Å². The molecule has 1 aromatic rings. The minimum atomic E-state index is -0.631. The van der Waals surface area contributed by atoms with Crippen molar-refractivity contribution in [3.63, 3.8) is 0 Å². The van der Waals surface area contributed by atoms with E-state index in [-0.39, 0.29) is 0 Å². The van der Waals surface area contributed by atoms with E-state index >= 15 is 0 Å². The topological polar surface area (TPSA) is 48.1 Å². The van der Waals surface area contributed by atoms with Crippen LogP contribution in [0.25, 0.3) is 0 Å². The van der Waals surface area contributed by atoms with Crippen molar-refractivity contribution < 1.29 is 9.13 Å². The molecule has 0 atom stereocenters. The second kappa shape index (κ2) is 4.14. The van der Waals surface area contributed by atoms with E-state index in [4.69, 9.17) is 10.5 Å². The molecule has 15 heavy (non-hydrogen) atoms. The van der Waals surface area contributed by atoms with Gasteiger partial charge in [0.25, 0.3) is 0 Å². The third-order valence-electron chi connectivity index (χ3n) is 2.70. The molecule has 1 aliphatic carbocycles. The third kappa shape index (κ3) is 2.65. The molecular weight excluding hydrogens is 195 g/mol. The van der Waals surface area contributed by atoms with Crippen molar-refractivity contribution in [3.8, 4) is 5.75 Å². The van der Waals surface area contributed by atoms with E-state index in [1.165, 1.54) is 18.7 Å². The summed E-state index contributed by atoms with van der Waals surface area (Å²) in [5, 5.41) is 0. The number of pyridine rings is 1. The first kappa shape index (κ1) is 10.4. The molecule has 3 nitrogen and oxygen atoms in total. The molecule has 4 heteroatoms. The normalized spacial score (nSPS) is 19.9. The maximum atomic E-state index is 12.9. The third-order valence-corrected chi connectivity index (χ3v) is 2.70. The molecule has 1 aliphatic rings. The van der Waals surface area contributed by atoms with E-state index in [0.29, 0.717) is 5.75 Å². The molecule has 1 fully saturated rings. The second-order valence-electron chi connectivity index (χ2n) is 4.07. The summed E-state index contributed by atoms with van der Waals surface area (Å²) in [6, 6.07) is 1.32. The van der Waals surface area contributed by atoms with Crippen LogP contribution in [0.2, 0.25) is 0 Å². The Morgan fingerprint density at radius 3 is 2.67 bits per heavy atom. The summed E-state index contributed by atoms with van der Waals surface area (Å²) in [5.74, 6) is 0.0197. The lowest BCUT2D eigenvalue weighted by atomic mass is 9.92. The maximum absolute atomic E-state index is 12.9. The molecule has 0 radical (unpaired) electrons. The predicted molar refractivity (Wildman–Crippen MR) is 54.8 cm³/mol. The number of hydrogen-bond acceptors (Lipinski definition) is 3. The first-order valence-electron chi connectivity index (χ1n) is 5.26. The summed E-state index contributed by atoms with van der Waals surface area (Å²) in [7, 11) is 0. The van der Waals surface area contributed by atoms with Crippen LogP contribution in [0.3, 0.4) is 0 Å². The second-order valence-corrected chi connectivity index (χ2v) is 4.07. The fourth-order valence-electron chi connectivity index (χ4n) is 1.94. The average Bonchev–Trinajstić information content (AvgIpc) is 2.18. The van der Waals surface area contributed by atoms with Gasteiger partial charge in [-0.25, -0.2) is 4.39 Å². The van der Waals surface area contributed by atoms with Gasteiger partial charge in [-0.3, -0.25) is 10.7 Å². The van der Waals surface area contributed by atoms with Gasteiger partial charge in [0.1, 0.15) is 11.6 Å². The molecule has 0 bridgehead atoms. The van der Waals surface area contributed by atoms with Crippen molar-refractivity contribution >= 4 is 0 Å². The molecule has 0 saturated heterocycles. The summed E-state index contributed by atoms with van der Waals surface area (Å²) in [5.41, 5.74) is 5.44. The summed E-state index contributed by atoms with van der Waals surface area (Å²) in [4.78, 5) is 3.73. The van der Waals surface area contributed by atoms with E-state index in [2.05, 4.69) is 4.98 Å². The highest BCUT2D eigenvalue weighted by Gasteiger charge is 2.29. The minimum Gasteiger partial charge on any atom is -0.471 e. The van der Waals surface area contributed by atoms with Gasteiger partial charge in [0.15, 0.2) is 5.72 Å². The molecule has 0 unspecified atom stereocenters. The number of nitrogens with two attached hydrogens (primary N) is 1. The van der Waals surface area contributed by atoms with Crippen molar-refractivity contribution in [2.45, 2.75) is 37.8 Å². The Kier molecular flexibility index (Phi) is 2.86. The molecule has 0 amide bonds. The Morgan fingerprint density at radius 2 is 2.00 bits per heavy atom. The zero-order valence-corrected chi connectivity index (χ0v) is 8.58. The Hall–Kier alpha value is -1.16. The summed E-state index contributed by atoms with van der Waals surface area (Å²) >= 11 is 0.